The van der Waals surface area contributed by atoms with Gasteiger partial charge in [0.2, 0.25) is 0 Å². The zero-order chi connectivity index (χ0) is 26.6. The summed E-state index contributed by atoms with van der Waals surface area (Å²) in [6.07, 6.45) is 1.31. The van der Waals surface area contributed by atoms with Crippen LogP contribution in [0.4, 0.5) is 0 Å². The molecule has 1 N–H and O–H groups in total. The van der Waals surface area contributed by atoms with Crippen LogP contribution in [-0.2, 0) is 16.0 Å². The van der Waals surface area contributed by atoms with Crippen LogP contribution < -0.4 is 0 Å². The molecule has 0 saturated carbocycles. The molecule has 0 aliphatic heterocycles. The van der Waals surface area contributed by atoms with Crippen LogP contribution in [0.15, 0.2) is 35.9 Å². The number of carboxylic acids is 1. The van der Waals surface area contributed by atoms with Crippen LogP contribution in [0.25, 0.3) is 11.8 Å². The number of carboxylic acid groups (broad SMARTS) is 1. The van der Waals surface area contributed by atoms with E-state index in [0.717, 1.165) is 28.4 Å². The number of aryl methyl sites for hydroxylation is 1. The molecule has 0 amide bonds. The fourth-order valence-corrected chi connectivity index (χ4v) is 5.04. The van der Waals surface area contributed by atoms with E-state index in [1.54, 1.807) is 26.0 Å². The van der Waals surface area contributed by atoms with Crippen LogP contribution in [0, 0.1) is 43.4 Å². The van der Waals surface area contributed by atoms with Crippen molar-refractivity contribution in [3.63, 3.8) is 0 Å². The molecule has 36 heavy (non-hydrogen) atoms. The fourth-order valence-electron chi connectivity index (χ4n) is 3.89. The van der Waals surface area contributed by atoms with Crippen molar-refractivity contribution in [2.24, 2.45) is 0 Å². The van der Waals surface area contributed by atoms with Crippen molar-refractivity contribution in [1.82, 2.24) is 4.57 Å². The lowest BCUT2D eigenvalue weighted by Crippen LogP contribution is -2.05. The number of carbonyl (C=O) groups excluding carboxylic acids is 2. The first-order chi connectivity index (χ1) is 17.1. The van der Waals surface area contributed by atoms with Gasteiger partial charge in [0.05, 0.1) is 23.3 Å². The Kier molecular flexibility index (Phi) is 7.88. The Morgan fingerprint density at radius 2 is 1.81 bits per heavy atom. The summed E-state index contributed by atoms with van der Waals surface area (Å²) in [7, 11) is 0. The highest BCUT2D eigenvalue weighted by Gasteiger charge is 2.24. The molecule has 182 valence electrons. The largest absolute Gasteiger partial charge is 0.478 e. The second-order valence-electron chi connectivity index (χ2n) is 7.97. The summed E-state index contributed by atoms with van der Waals surface area (Å²) in [5.74, 6) is -2.03. The van der Waals surface area contributed by atoms with Crippen LogP contribution in [-0.4, -0.2) is 34.0 Å². The number of hydrogen-bond acceptors (Lipinski definition) is 7. The zero-order valence-electron chi connectivity index (χ0n) is 20.2. The maximum atomic E-state index is 13.0. The number of benzene rings is 1. The SMILES string of the molecule is CCOC(=O)c1sc(CC(=O)/C(C#N)=C/c2cc(C)n(-c3ccc(C(=O)O)cc3)c2C)c(C#N)c1C. The Balaban J connectivity index is 1.94. The Morgan fingerprint density at radius 1 is 1.14 bits per heavy atom. The second-order valence-corrected chi connectivity index (χ2v) is 9.08. The summed E-state index contributed by atoms with van der Waals surface area (Å²) in [4.78, 5) is 37.1. The summed E-state index contributed by atoms with van der Waals surface area (Å²) in [6, 6.07) is 12.2. The highest BCUT2D eigenvalue weighted by atomic mass is 32.1. The van der Waals surface area contributed by atoms with Crippen LogP contribution in [0.2, 0.25) is 0 Å². The van der Waals surface area contributed by atoms with Gasteiger partial charge in [0.1, 0.15) is 17.0 Å². The van der Waals surface area contributed by atoms with Crippen molar-refractivity contribution in [2.45, 2.75) is 34.1 Å². The van der Waals surface area contributed by atoms with E-state index < -0.39 is 17.7 Å². The minimum Gasteiger partial charge on any atom is -0.478 e. The number of esters is 1. The van der Waals surface area contributed by atoms with Gasteiger partial charge in [-0.25, -0.2) is 9.59 Å². The van der Waals surface area contributed by atoms with E-state index in [1.165, 1.54) is 18.2 Å². The highest BCUT2D eigenvalue weighted by molar-refractivity contribution is 7.14. The van der Waals surface area contributed by atoms with Gasteiger partial charge in [-0.15, -0.1) is 11.3 Å². The number of ketones is 1. The first kappa shape index (κ1) is 26.1. The number of hydrogen-bond donors (Lipinski definition) is 1. The highest BCUT2D eigenvalue weighted by Crippen LogP contribution is 2.30. The van der Waals surface area contributed by atoms with E-state index in [2.05, 4.69) is 6.07 Å². The number of ether oxygens (including phenoxy) is 1. The molecule has 1 aromatic carbocycles. The Hall–Kier alpha value is -4.47. The summed E-state index contributed by atoms with van der Waals surface area (Å²) in [5.41, 5.74) is 3.82. The van der Waals surface area contributed by atoms with E-state index in [4.69, 9.17) is 9.84 Å². The molecule has 0 radical (unpaired) electrons. The molecule has 0 bridgehead atoms. The minimum absolute atomic E-state index is 0.0795. The third kappa shape index (κ3) is 5.12. The van der Waals surface area contributed by atoms with Crippen molar-refractivity contribution >= 4 is 35.1 Å². The minimum atomic E-state index is -1.02. The molecule has 0 aliphatic carbocycles. The Morgan fingerprint density at radius 3 is 2.36 bits per heavy atom. The van der Waals surface area contributed by atoms with E-state index in [1.807, 2.05) is 30.6 Å². The van der Waals surface area contributed by atoms with E-state index in [0.29, 0.717) is 16.0 Å². The standard InChI is InChI=1S/C27H23N3O5S/c1-5-35-27(34)25-16(3)22(14-29)24(36-25)12-23(31)20(13-28)11-19-10-15(2)30(17(19)4)21-8-6-18(7-9-21)26(32)33/h6-11H,5,12H2,1-4H3,(H,32,33)/b20-11+. The van der Waals surface area contributed by atoms with Gasteiger partial charge in [0.25, 0.3) is 0 Å². The van der Waals surface area contributed by atoms with Crippen molar-refractivity contribution in [3.05, 3.63) is 79.3 Å². The van der Waals surface area contributed by atoms with Crippen LogP contribution in [0.1, 0.15) is 59.9 Å². The van der Waals surface area contributed by atoms with Crippen molar-refractivity contribution in [2.75, 3.05) is 6.61 Å². The van der Waals surface area contributed by atoms with Gasteiger partial charge in [0.15, 0.2) is 5.78 Å². The average Bonchev–Trinajstić information content (AvgIpc) is 3.31. The molecular formula is C27H23N3O5S. The Bertz CT molecular complexity index is 1480. The van der Waals surface area contributed by atoms with Crippen molar-refractivity contribution in [3.8, 4) is 17.8 Å². The van der Waals surface area contributed by atoms with Gasteiger partial charge in [-0.05, 0) is 75.2 Å². The summed E-state index contributed by atoms with van der Waals surface area (Å²) >= 11 is 1.03. The van der Waals surface area contributed by atoms with Crippen molar-refractivity contribution < 1.29 is 24.2 Å². The molecule has 0 atom stereocenters. The van der Waals surface area contributed by atoms with E-state index in [-0.39, 0.29) is 34.6 Å². The van der Waals surface area contributed by atoms with Crippen LogP contribution in [0.5, 0.6) is 0 Å². The molecule has 0 fully saturated rings. The summed E-state index contributed by atoms with van der Waals surface area (Å²) in [5, 5.41) is 28.4. The van der Waals surface area contributed by atoms with Crippen LogP contribution in [0.3, 0.4) is 0 Å². The Labute approximate surface area is 212 Å². The third-order valence-electron chi connectivity index (χ3n) is 5.68. The predicted octanol–water partition coefficient (Wildman–Crippen LogP) is 4.93. The lowest BCUT2D eigenvalue weighted by atomic mass is 10.0. The van der Waals surface area contributed by atoms with Gasteiger partial charge in [-0.1, -0.05) is 0 Å². The quantitative estimate of drug-likeness (QED) is 0.263. The van der Waals surface area contributed by atoms with Crippen molar-refractivity contribution in [1.29, 1.82) is 10.5 Å². The van der Waals surface area contributed by atoms with Gasteiger partial charge < -0.3 is 14.4 Å². The first-order valence-electron chi connectivity index (χ1n) is 11.0. The lowest BCUT2D eigenvalue weighted by molar-refractivity contribution is -0.114. The monoisotopic (exact) mass is 501 g/mol. The average molecular weight is 502 g/mol. The van der Waals surface area contributed by atoms with Crippen LogP contribution >= 0.6 is 11.3 Å². The van der Waals surface area contributed by atoms with E-state index >= 15 is 0 Å². The molecule has 0 aliphatic rings. The lowest BCUT2D eigenvalue weighted by Gasteiger charge is -2.10. The number of Topliss-reactive ketones (excluding diaryl/α,β-unsaturated/α-hetero) is 1. The van der Waals surface area contributed by atoms with Gasteiger partial charge >= 0.3 is 11.9 Å². The molecule has 2 aromatic heterocycles. The van der Waals surface area contributed by atoms with Gasteiger partial charge in [-0.3, -0.25) is 4.79 Å². The zero-order valence-corrected chi connectivity index (χ0v) is 21.0. The summed E-state index contributed by atoms with van der Waals surface area (Å²) in [6.45, 7) is 7.21. The molecule has 8 nitrogen and oxygen atoms in total. The number of allylic oxidation sites excluding steroid dienone is 1. The normalized spacial score (nSPS) is 11.0. The van der Waals surface area contributed by atoms with Gasteiger partial charge in [-0.2, -0.15) is 10.5 Å². The molecule has 3 aromatic rings. The maximum Gasteiger partial charge on any atom is 0.348 e. The topological polar surface area (TPSA) is 133 Å². The van der Waals surface area contributed by atoms with Gasteiger partial charge in [0, 0.05) is 28.4 Å². The third-order valence-corrected chi connectivity index (χ3v) is 6.95. The number of aromatic nitrogens is 1. The maximum absolute atomic E-state index is 13.0. The number of carbonyl (C=O) groups is 3. The second kappa shape index (κ2) is 10.9. The number of nitriles is 2. The molecule has 2 heterocycles. The number of rotatable bonds is 8. The molecule has 0 unspecified atom stereocenters. The predicted molar refractivity (Wildman–Crippen MR) is 134 cm³/mol. The molecular weight excluding hydrogens is 478 g/mol. The molecule has 3 rings (SSSR count). The number of nitrogens with zero attached hydrogens (tertiary/aromatic N) is 3. The fraction of sp³-hybridized carbons (Fsp3) is 0.222. The molecule has 9 heteroatoms. The molecule has 0 spiro atoms. The number of aromatic carboxylic acids is 1. The summed E-state index contributed by atoms with van der Waals surface area (Å²) < 4.78 is 6.94. The number of thiophene rings is 1. The van der Waals surface area contributed by atoms with E-state index in [9.17, 15) is 24.9 Å². The first-order valence-corrected chi connectivity index (χ1v) is 11.8. The smallest absolute Gasteiger partial charge is 0.348 e. The molecule has 0 saturated heterocycles.